The summed E-state index contributed by atoms with van der Waals surface area (Å²) in [6, 6.07) is 5.04. The van der Waals surface area contributed by atoms with Crippen molar-refractivity contribution in [3.63, 3.8) is 0 Å². The highest BCUT2D eigenvalue weighted by Crippen LogP contribution is 2.20. The van der Waals surface area contributed by atoms with Crippen LogP contribution in [0.5, 0.6) is 0 Å². The lowest BCUT2D eigenvalue weighted by Gasteiger charge is -2.33. The monoisotopic (exact) mass is 313 g/mol. The third-order valence-corrected chi connectivity index (χ3v) is 5.47. The summed E-state index contributed by atoms with van der Waals surface area (Å²) in [4.78, 5) is 12.4. The fraction of sp³-hybridized carbons (Fsp3) is 0.538. The van der Waals surface area contributed by atoms with Crippen LogP contribution < -0.4 is 0 Å². The van der Waals surface area contributed by atoms with Crippen LogP contribution in [0.25, 0.3) is 0 Å². The van der Waals surface area contributed by atoms with Crippen LogP contribution >= 0.6 is 0 Å². The van der Waals surface area contributed by atoms with E-state index in [2.05, 4.69) is 11.8 Å². The number of nitro benzene ring substituents is 1. The summed E-state index contributed by atoms with van der Waals surface area (Å²) in [5.41, 5.74) is -0.110. The molecule has 0 atom stereocenters. The molecular weight excluding hydrogens is 294 g/mol. The van der Waals surface area contributed by atoms with Gasteiger partial charge in [-0.05, 0) is 25.1 Å². The number of hydrogen-bond donors (Lipinski definition) is 0. The molecule has 0 amide bonds. The number of benzene rings is 1. The molecule has 0 aromatic heterocycles. The fourth-order valence-corrected chi connectivity index (χ4v) is 3.82. The number of non-ortho nitro benzene ring substituents is 1. The molecule has 1 fully saturated rings. The molecule has 1 aliphatic heterocycles. The van der Waals surface area contributed by atoms with E-state index in [-0.39, 0.29) is 10.6 Å². The molecule has 0 unspecified atom stereocenters. The van der Waals surface area contributed by atoms with Crippen molar-refractivity contribution in [2.24, 2.45) is 0 Å². The first-order chi connectivity index (χ1) is 9.95. The number of nitro groups is 1. The Kier molecular flexibility index (Phi) is 4.92. The lowest BCUT2D eigenvalue weighted by Crippen LogP contribution is -2.48. The summed E-state index contributed by atoms with van der Waals surface area (Å²) in [6.07, 6.45) is 1.05. The largest absolute Gasteiger partial charge is 0.301 e. The Bertz CT molecular complexity index is 592. The topological polar surface area (TPSA) is 83.8 Å². The maximum Gasteiger partial charge on any atom is 0.269 e. The predicted octanol–water partition coefficient (Wildman–Crippen LogP) is 1.31. The number of rotatable bonds is 5. The minimum atomic E-state index is -3.56. The molecule has 8 heteroatoms. The van der Waals surface area contributed by atoms with Gasteiger partial charge in [-0.3, -0.25) is 10.1 Å². The van der Waals surface area contributed by atoms with Gasteiger partial charge in [-0.1, -0.05) is 6.92 Å². The molecule has 1 aromatic carbocycles. The van der Waals surface area contributed by atoms with E-state index >= 15 is 0 Å². The van der Waals surface area contributed by atoms with E-state index in [1.165, 1.54) is 28.6 Å². The van der Waals surface area contributed by atoms with Crippen LogP contribution in [0.3, 0.4) is 0 Å². The highest BCUT2D eigenvalue weighted by atomic mass is 32.2. The van der Waals surface area contributed by atoms with E-state index in [4.69, 9.17) is 0 Å². The van der Waals surface area contributed by atoms with Gasteiger partial charge in [0.25, 0.3) is 5.69 Å². The lowest BCUT2D eigenvalue weighted by atomic mass is 10.3. The zero-order chi connectivity index (χ0) is 15.5. The van der Waals surface area contributed by atoms with Crippen molar-refractivity contribution in [1.82, 2.24) is 9.21 Å². The van der Waals surface area contributed by atoms with Gasteiger partial charge in [0.05, 0.1) is 9.82 Å². The quantitative estimate of drug-likeness (QED) is 0.604. The first-order valence-corrected chi connectivity index (χ1v) is 8.36. The molecule has 0 bridgehead atoms. The van der Waals surface area contributed by atoms with Crippen LogP contribution in [-0.2, 0) is 10.0 Å². The van der Waals surface area contributed by atoms with Crippen LogP contribution in [-0.4, -0.2) is 55.3 Å². The molecule has 0 saturated carbocycles. The normalized spacial score (nSPS) is 17.8. The summed E-state index contributed by atoms with van der Waals surface area (Å²) in [5, 5.41) is 10.6. The molecule has 1 heterocycles. The second-order valence-corrected chi connectivity index (χ2v) is 6.93. The predicted molar refractivity (Wildman–Crippen MR) is 78.6 cm³/mol. The molecule has 0 N–H and O–H groups in total. The van der Waals surface area contributed by atoms with Crippen molar-refractivity contribution in [3.05, 3.63) is 34.4 Å². The summed E-state index contributed by atoms with van der Waals surface area (Å²) in [5.74, 6) is 0. The zero-order valence-corrected chi connectivity index (χ0v) is 12.8. The maximum atomic E-state index is 12.5. The lowest BCUT2D eigenvalue weighted by molar-refractivity contribution is -0.384. The van der Waals surface area contributed by atoms with Crippen LogP contribution in [0.4, 0.5) is 5.69 Å². The van der Waals surface area contributed by atoms with Gasteiger partial charge in [0, 0.05) is 38.3 Å². The van der Waals surface area contributed by atoms with E-state index < -0.39 is 14.9 Å². The average Bonchev–Trinajstić information content (AvgIpc) is 2.48. The molecule has 1 aromatic rings. The SMILES string of the molecule is CCCN1CCN(S(=O)(=O)c2ccc([N+](=O)[O-])cc2)CC1. The summed E-state index contributed by atoms with van der Waals surface area (Å²) >= 11 is 0. The Labute approximate surface area is 124 Å². The third kappa shape index (κ3) is 3.58. The molecule has 116 valence electrons. The van der Waals surface area contributed by atoms with Gasteiger partial charge in [-0.25, -0.2) is 8.42 Å². The van der Waals surface area contributed by atoms with Gasteiger partial charge in [0.15, 0.2) is 0 Å². The molecule has 1 aliphatic rings. The summed E-state index contributed by atoms with van der Waals surface area (Å²) < 4.78 is 26.4. The molecule has 1 saturated heterocycles. The minimum Gasteiger partial charge on any atom is -0.301 e. The van der Waals surface area contributed by atoms with Crippen molar-refractivity contribution in [2.45, 2.75) is 18.2 Å². The third-order valence-electron chi connectivity index (χ3n) is 3.56. The Morgan fingerprint density at radius 2 is 1.71 bits per heavy atom. The molecule has 2 rings (SSSR count). The smallest absolute Gasteiger partial charge is 0.269 e. The van der Waals surface area contributed by atoms with E-state index in [1.54, 1.807) is 0 Å². The Hall–Kier alpha value is -1.51. The second-order valence-electron chi connectivity index (χ2n) is 5.00. The zero-order valence-electron chi connectivity index (χ0n) is 11.9. The van der Waals surface area contributed by atoms with E-state index in [0.717, 1.165) is 26.1 Å². The first kappa shape index (κ1) is 15.9. The van der Waals surface area contributed by atoms with Crippen LogP contribution in [0.2, 0.25) is 0 Å². The molecule has 21 heavy (non-hydrogen) atoms. The van der Waals surface area contributed by atoms with Crippen molar-refractivity contribution >= 4 is 15.7 Å². The van der Waals surface area contributed by atoms with Crippen LogP contribution in [0, 0.1) is 10.1 Å². The maximum absolute atomic E-state index is 12.5. The minimum absolute atomic E-state index is 0.108. The van der Waals surface area contributed by atoms with Crippen molar-refractivity contribution < 1.29 is 13.3 Å². The van der Waals surface area contributed by atoms with Crippen LogP contribution in [0.15, 0.2) is 29.2 Å². The fourth-order valence-electron chi connectivity index (χ4n) is 2.40. The molecule has 0 radical (unpaired) electrons. The van der Waals surface area contributed by atoms with Gasteiger partial charge >= 0.3 is 0 Å². The molecule has 0 aliphatic carbocycles. The number of nitrogens with zero attached hydrogens (tertiary/aromatic N) is 3. The number of hydrogen-bond acceptors (Lipinski definition) is 5. The number of sulfonamides is 1. The van der Waals surface area contributed by atoms with Gasteiger partial charge < -0.3 is 4.90 Å². The summed E-state index contributed by atoms with van der Waals surface area (Å²) in [7, 11) is -3.56. The first-order valence-electron chi connectivity index (χ1n) is 6.92. The van der Waals surface area contributed by atoms with Crippen molar-refractivity contribution in [2.75, 3.05) is 32.7 Å². The standard InChI is InChI=1S/C13H19N3O4S/c1-2-7-14-8-10-15(11-9-14)21(19,20)13-5-3-12(4-6-13)16(17)18/h3-6H,2,7-11H2,1H3. The summed E-state index contributed by atoms with van der Waals surface area (Å²) in [6.45, 7) is 5.43. The molecule has 0 spiro atoms. The Balaban J connectivity index is 2.10. The average molecular weight is 313 g/mol. The van der Waals surface area contributed by atoms with Gasteiger partial charge in [-0.2, -0.15) is 4.31 Å². The number of piperazine rings is 1. The van der Waals surface area contributed by atoms with Crippen LogP contribution in [0.1, 0.15) is 13.3 Å². The highest BCUT2D eigenvalue weighted by molar-refractivity contribution is 7.89. The van der Waals surface area contributed by atoms with E-state index in [0.29, 0.717) is 13.1 Å². The van der Waals surface area contributed by atoms with Gasteiger partial charge in [0.2, 0.25) is 10.0 Å². The second kappa shape index (κ2) is 6.50. The van der Waals surface area contributed by atoms with Crippen molar-refractivity contribution in [3.8, 4) is 0 Å². The molecule has 7 nitrogen and oxygen atoms in total. The van der Waals surface area contributed by atoms with E-state index in [1.807, 2.05) is 0 Å². The Morgan fingerprint density at radius 1 is 1.14 bits per heavy atom. The van der Waals surface area contributed by atoms with Crippen molar-refractivity contribution in [1.29, 1.82) is 0 Å². The Morgan fingerprint density at radius 3 is 2.19 bits per heavy atom. The van der Waals surface area contributed by atoms with E-state index in [9.17, 15) is 18.5 Å². The highest BCUT2D eigenvalue weighted by Gasteiger charge is 2.28. The van der Waals surface area contributed by atoms with Gasteiger partial charge in [-0.15, -0.1) is 0 Å². The van der Waals surface area contributed by atoms with Gasteiger partial charge in [0.1, 0.15) is 0 Å². The molecular formula is C13H19N3O4S.